The fourth-order valence-corrected chi connectivity index (χ4v) is 2.90. The van der Waals surface area contributed by atoms with Gasteiger partial charge in [0.25, 0.3) is 0 Å². The maximum Gasteiger partial charge on any atom is 0.247 e. The number of fused-ring (bicyclic) bond motifs is 1. The van der Waals surface area contributed by atoms with E-state index in [1.807, 2.05) is 56.3 Å². The molecule has 3 N–H and O–H groups in total. The molecule has 0 radical (unpaired) electrons. The predicted molar refractivity (Wildman–Crippen MR) is 99.7 cm³/mol. The van der Waals surface area contributed by atoms with E-state index in [4.69, 9.17) is 0 Å². The Morgan fingerprint density at radius 1 is 1.08 bits per heavy atom. The van der Waals surface area contributed by atoms with Crippen LogP contribution >= 0.6 is 0 Å². The number of anilines is 2. The van der Waals surface area contributed by atoms with Crippen LogP contribution < -0.4 is 16.0 Å². The second-order valence-electron chi connectivity index (χ2n) is 6.46. The van der Waals surface area contributed by atoms with Crippen LogP contribution in [0, 0.1) is 13.8 Å². The zero-order chi connectivity index (χ0) is 17.8. The molecule has 0 bridgehead atoms. The summed E-state index contributed by atoms with van der Waals surface area (Å²) in [5, 5.41) is 8.95. The maximum absolute atomic E-state index is 12.2. The molecule has 130 valence electrons. The monoisotopic (exact) mass is 337 g/mol. The molecule has 0 fully saturated rings. The van der Waals surface area contributed by atoms with E-state index in [9.17, 15) is 9.59 Å². The Kier molecular flexibility index (Phi) is 5.03. The van der Waals surface area contributed by atoms with Crippen molar-refractivity contribution >= 4 is 23.2 Å². The molecule has 0 unspecified atom stereocenters. The van der Waals surface area contributed by atoms with Crippen molar-refractivity contribution in [1.29, 1.82) is 0 Å². The van der Waals surface area contributed by atoms with Gasteiger partial charge in [-0.2, -0.15) is 0 Å². The van der Waals surface area contributed by atoms with Crippen LogP contribution in [-0.4, -0.2) is 24.4 Å². The van der Waals surface area contributed by atoms with E-state index in [0.29, 0.717) is 6.54 Å². The largest absolute Gasteiger partial charge is 0.372 e. The average molecular weight is 337 g/mol. The number of aryl methyl sites for hydroxylation is 2. The molecule has 0 aromatic heterocycles. The van der Waals surface area contributed by atoms with Gasteiger partial charge < -0.3 is 16.0 Å². The van der Waals surface area contributed by atoms with E-state index >= 15 is 0 Å². The third-order valence-electron chi connectivity index (χ3n) is 4.51. The molecule has 1 aliphatic rings. The quantitative estimate of drug-likeness (QED) is 0.786. The van der Waals surface area contributed by atoms with Crippen molar-refractivity contribution in [2.24, 2.45) is 0 Å². The number of hydrogen-bond donors (Lipinski definition) is 3. The topological polar surface area (TPSA) is 70.2 Å². The van der Waals surface area contributed by atoms with Crippen LogP contribution in [0.5, 0.6) is 0 Å². The first-order chi connectivity index (χ1) is 12.0. The number of rotatable bonds is 5. The number of nitrogens with one attached hydrogen (secondary N) is 3. The normalized spacial score (nSPS) is 15.8. The third-order valence-corrected chi connectivity index (χ3v) is 4.51. The second kappa shape index (κ2) is 7.38. The Hall–Kier alpha value is -2.82. The highest BCUT2D eigenvalue weighted by Gasteiger charge is 2.27. The summed E-state index contributed by atoms with van der Waals surface area (Å²) in [6.45, 7) is 4.60. The molecule has 1 atom stereocenters. The Labute approximate surface area is 147 Å². The van der Waals surface area contributed by atoms with Gasteiger partial charge >= 0.3 is 0 Å². The molecule has 2 aromatic carbocycles. The van der Waals surface area contributed by atoms with Crippen molar-refractivity contribution in [1.82, 2.24) is 5.32 Å². The van der Waals surface area contributed by atoms with E-state index < -0.39 is 6.04 Å². The summed E-state index contributed by atoms with van der Waals surface area (Å²) in [4.78, 5) is 24.4. The van der Waals surface area contributed by atoms with E-state index in [2.05, 4.69) is 16.0 Å². The van der Waals surface area contributed by atoms with E-state index in [1.54, 1.807) is 0 Å². The summed E-state index contributed by atoms with van der Waals surface area (Å²) >= 11 is 0. The molecule has 1 aliphatic heterocycles. The summed E-state index contributed by atoms with van der Waals surface area (Å²) in [5.41, 5.74) is 5.08. The minimum absolute atomic E-state index is 0.118. The molecule has 0 spiro atoms. The molecular weight excluding hydrogens is 314 g/mol. The lowest BCUT2D eigenvalue weighted by molar-refractivity contribution is -0.124. The van der Waals surface area contributed by atoms with E-state index in [0.717, 1.165) is 28.9 Å². The fourth-order valence-electron chi connectivity index (χ4n) is 2.90. The predicted octanol–water partition coefficient (Wildman–Crippen LogP) is 2.79. The van der Waals surface area contributed by atoms with Crippen molar-refractivity contribution in [3.8, 4) is 0 Å². The molecule has 2 aromatic rings. The molecule has 5 nitrogen and oxygen atoms in total. The van der Waals surface area contributed by atoms with E-state index in [1.165, 1.54) is 5.56 Å². The third kappa shape index (κ3) is 4.18. The van der Waals surface area contributed by atoms with Gasteiger partial charge in [-0.15, -0.1) is 0 Å². The van der Waals surface area contributed by atoms with Gasteiger partial charge in [-0.3, -0.25) is 9.59 Å². The molecule has 0 saturated heterocycles. The first-order valence-electron chi connectivity index (χ1n) is 8.52. The number of amides is 2. The van der Waals surface area contributed by atoms with Crippen LogP contribution in [0.4, 0.5) is 11.4 Å². The number of carbonyl (C=O) groups excluding carboxylic acids is 2. The van der Waals surface area contributed by atoms with Gasteiger partial charge in [0.2, 0.25) is 11.8 Å². The van der Waals surface area contributed by atoms with Crippen LogP contribution in [0.15, 0.2) is 42.5 Å². The fraction of sp³-hybridized carbons (Fsp3) is 0.300. The van der Waals surface area contributed by atoms with Crippen LogP contribution in [0.25, 0.3) is 0 Å². The Balaban J connectivity index is 1.54. The van der Waals surface area contributed by atoms with Gasteiger partial charge in [0.15, 0.2) is 0 Å². The Bertz CT molecular complexity index is 787. The average Bonchev–Trinajstić information content (AvgIpc) is 2.58. The minimum atomic E-state index is -0.550. The van der Waals surface area contributed by atoms with Gasteiger partial charge in [0.1, 0.15) is 6.04 Å². The van der Waals surface area contributed by atoms with Crippen molar-refractivity contribution in [3.05, 3.63) is 59.2 Å². The summed E-state index contributed by atoms with van der Waals surface area (Å²) < 4.78 is 0. The summed E-state index contributed by atoms with van der Waals surface area (Å²) in [6, 6.07) is 13.4. The smallest absolute Gasteiger partial charge is 0.247 e. The zero-order valence-electron chi connectivity index (χ0n) is 14.6. The highest BCUT2D eigenvalue weighted by atomic mass is 16.2. The standard InChI is InChI=1S/C20H23N3O2/c1-13-10-16-17(11-14(13)2)23-20(25)18(22-16)12-19(24)21-9-8-15-6-4-3-5-7-15/h3-7,10-11,18,22H,8-9,12H2,1-2H3,(H,21,24)(H,23,25)/t18-/m0/s1. The van der Waals surface area contributed by atoms with Crippen LogP contribution in [0.2, 0.25) is 0 Å². The van der Waals surface area contributed by atoms with Gasteiger partial charge in [0.05, 0.1) is 17.8 Å². The van der Waals surface area contributed by atoms with Crippen molar-refractivity contribution in [2.45, 2.75) is 32.7 Å². The molecule has 3 rings (SSSR count). The SMILES string of the molecule is Cc1cc2c(cc1C)N[C@@H](CC(=O)NCCc1ccccc1)C(=O)N2. The van der Waals surface area contributed by atoms with Crippen LogP contribution in [0.3, 0.4) is 0 Å². The lowest BCUT2D eigenvalue weighted by atomic mass is 10.0. The Morgan fingerprint density at radius 2 is 1.76 bits per heavy atom. The number of carbonyl (C=O) groups is 2. The number of hydrogen-bond acceptors (Lipinski definition) is 3. The van der Waals surface area contributed by atoms with Crippen LogP contribution in [0.1, 0.15) is 23.1 Å². The number of benzene rings is 2. The summed E-state index contributed by atoms with van der Waals surface area (Å²) in [6.07, 6.45) is 0.894. The Morgan fingerprint density at radius 3 is 2.48 bits per heavy atom. The van der Waals surface area contributed by atoms with Gasteiger partial charge in [0, 0.05) is 6.54 Å². The van der Waals surface area contributed by atoms with Gasteiger partial charge in [-0.05, 0) is 49.1 Å². The van der Waals surface area contributed by atoms with Gasteiger partial charge in [-0.25, -0.2) is 0 Å². The zero-order valence-corrected chi connectivity index (χ0v) is 14.6. The molecule has 2 amide bonds. The molecule has 1 heterocycles. The molecule has 5 heteroatoms. The minimum Gasteiger partial charge on any atom is -0.372 e. The molecule has 25 heavy (non-hydrogen) atoms. The van der Waals surface area contributed by atoms with Gasteiger partial charge in [-0.1, -0.05) is 30.3 Å². The lowest BCUT2D eigenvalue weighted by Crippen LogP contribution is -2.42. The van der Waals surface area contributed by atoms with Crippen molar-refractivity contribution in [3.63, 3.8) is 0 Å². The highest BCUT2D eigenvalue weighted by molar-refractivity contribution is 6.05. The summed E-state index contributed by atoms with van der Waals surface area (Å²) in [5.74, 6) is -0.301. The summed E-state index contributed by atoms with van der Waals surface area (Å²) in [7, 11) is 0. The maximum atomic E-state index is 12.2. The first kappa shape index (κ1) is 17.0. The molecular formula is C20H23N3O2. The molecule has 0 saturated carbocycles. The second-order valence-corrected chi connectivity index (χ2v) is 6.46. The van der Waals surface area contributed by atoms with Crippen molar-refractivity contribution in [2.75, 3.05) is 17.2 Å². The first-order valence-corrected chi connectivity index (χ1v) is 8.52. The lowest BCUT2D eigenvalue weighted by Gasteiger charge is -2.27. The van der Waals surface area contributed by atoms with Crippen LogP contribution in [-0.2, 0) is 16.0 Å². The molecule has 0 aliphatic carbocycles. The van der Waals surface area contributed by atoms with E-state index in [-0.39, 0.29) is 18.2 Å². The highest BCUT2D eigenvalue weighted by Crippen LogP contribution is 2.30. The van der Waals surface area contributed by atoms with Crippen molar-refractivity contribution < 1.29 is 9.59 Å².